The number of benzene rings is 1. The van der Waals surface area contributed by atoms with Crippen molar-refractivity contribution in [1.29, 1.82) is 0 Å². The zero-order valence-electron chi connectivity index (χ0n) is 8.44. The van der Waals surface area contributed by atoms with E-state index in [1.807, 2.05) is 37.3 Å². The van der Waals surface area contributed by atoms with Crippen LogP contribution in [0.2, 0.25) is 0 Å². The minimum absolute atomic E-state index is 0.277. The normalized spacial score (nSPS) is 10.2. The van der Waals surface area contributed by atoms with Crippen LogP contribution >= 0.6 is 0 Å². The molecule has 0 fully saturated rings. The second-order valence-electron chi connectivity index (χ2n) is 3.29. The lowest BCUT2D eigenvalue weighted by Crippen LogP contribution is -2.04. The molecule has 0 aliphatic rings. The van der Waals surface area contributed by atoms with Crippen LogP contribution in [-0.2, 0) is 0 Å². The zero-order chi connectivity index (χ0) is 10.8. The van der Waals surface area contributed by atoms with Gasteiger partial charge in [0.15, 0.2) is 11.6 Å². The summed E-state index contributed by atoms with van der Waals surface area (Å²) in [5.74, 6) is 0.562. The maximum atomic E-state index is 5.63. The van der Waals surface area contributed by atoms with Gasteiger partial charge in [-0.25, -0.2) is 9.97 Å². The van der Waals surface area contributed by atoms with Gasteiger partial charge in [-0.3, -0.25) is 0 Å². The lowest BCUT2D eigenvalue weighted by Gasteiger charge is -2.06. The van der Waals surface area contributed by atoms with Gasteiger partial charge in [-0.15, -0.1) is 0 Å². The lowest BCUT2D eigenvalue weighted by molar-refractivity contribution is 1.14. The Morgan fingerprint density at radius 1 is 0.933 bits per heavy atom. The molecule has 0 bridgehead atoms. The zero-order valence-corrected chi connectivity index (χ0v) is 8.44. The Hall–Kier alpha value is -2.10. The van der Waals surface area contributed by atoms with Crippen LogP contribution in [0.4, 0.5) is 11.6 Å². The van der Waals surface area contributed by atoms with Crippen molar-refractivity contribution in [2.24, 2.45) is 0 Å². The fraction of sp³-hybridized carbons (Fsp3) is 0.0909. The first-order valence-electron chi connectivity index (χ1n) is 4.63. The van der Waals surface area contributed by atoms with Crippen molar-refractivity contribution in [1.82, 2.24) is 9.97 Å². The summed E-state index contributed by atoms with van der Waals surface area (Å²) < 4.78 is 0. The Morgan fingerprint density at radius 3 is 2.20 bits per heavy atom. The highest BCUT2D eigenvalue weighted by molar-refractivity contribution is 5.66. The number of nitrogen functional groups attached to an aromatic ring is 2. The Kier molecular flexibility index (Phi) is 2.25. The number of aryl methyl sites for hydroxylation is 1. The number of rotatable bonds is 1. The van der Waals surface area contributed by atoms with E-state index in [-0.39, 0.29) is 11.6 Å². The number of nitrogens with two attached hydrogens (primary N) is 2. The molecule has 0 saturated heterocycles. The van der Waals surface area contributed by atoms with Gasteiger partial charge < -0.3 is 11.5 Å². The molecule has 2 rings (SSSR count). The number of anilines is 2. The molecule has 4 heteroatoms. The van der Waals surface area contributed by atoms with E-state index in [4.69, 9.17) is 11.5 Å². The van der Waals surface area contributed by atoms with Crippen LogP contribution in [-0.4, -0.2) is 9.97 Å². The molecule has 0 saturated carbocycles. The molecule has 1 aromatic carbocycles. The molecule has 4 nitrogen and oxygen atoms in total. The minimum atomic E-state index is 0.277. The molecule has 0 radical (unpaired) electrons. The van der Waals surface area contributed by atoms with Crippen LogP contribution in [0.3, 0.4) is 0 Å². The van der Waals surface area contributed by atoms with Gasteiger partial charge in [0.2, 0.25) is 0 Å². The van der Waals surface area contributed by atoms with Crippen molar-refractivity contribution in [2.75, 3.05) is 11.5 Å². The smallest absolute Gasteiger partial charge is 0.166 e. The van der Waals surface area contributed by atoms with Crippen LogP contribution in [0.25, 0.3) is 11.3 Å². The Labute approximate surface area is 88.0 Å². The second kappa shape index (κ2) is 3.57. The fourth-order valence-electron chi connectivity index (χ4n) is 1.42. The summed E-state index contributed by atoms with van der Waals surface area (Å²) in [7, 11) is 0. The van der Waals surface area contributed by atoms with E-state index in [9.17, 15) is 0 Å². The van der Waals surface area contributed by atoms with Gasteiger partial charge in [-0.05, 0) is 6.92 Å². The summed E-state index contributed by atoms with van der Waals surface area (Å²) in [6.45, 7) is 1.87. The predicted octanol–water partition coefficient (Wildman–Crippen LogP) is 1.62. The summed E-state index contributed by atoms with van der Waals surface area (Å²) in [5.41, 5.74) is 13.8. The van der Waals surface area contributed by atoms with Crippen molar-refractivity contribution in [3.8, 4) is 11.3 Å². The standard InChI is InChI=1S/C11H12N4/c1-7-9(8-5-3-2-4-6-8)15-11(13)10(12)14-7/h2-6H,1H3,(H2,12,14)(H2,13,15). The third-order valence-electron chi connectivity index (χ3n) is 2.17. The van der Waals surface area contributed by atoms with Gasteiger partial charge in [0.25, 0.3) is 0 Å². The number of hydrogen-bond acceptors (Lipinski definition) is 4. The van der Waals surface area contributed by atoms with Gasteiger partial charge >= 0.3 is 0 Å². The monoisotopic (exact) mass is 200 g/mol. The highest BCUT2D eigenvalue weighted by Gasteiger charge is 2.07. The van der Waals surface area contributed by atoms with E-state index in [0.717, 1.165) is 17.0 Å². The summed E-state index contributed by atoms with van der Waals surface area (Å²) in [5, 5.41) is 0. The average Bonchev–Trinajstić information content (AvgIpc) is 2.25. The van der Waals surface area contributed by atoms with E-state index < -0.39 is 0 Å². The van der Waals surface area contributed by atoms with Crippen molar-refractivity contribution >= 4 is 11.6 Å². The van der Waals surface area contributed by atoms with E-state index in [1.165, 1.54) is 0 Å². The first-order valence-corrected chi connectivity index (χ1v) is 4.63. The Balaban J connectivity index is 2.59. The molecular weight excluding hydrogens is 188 g/mol. The molecule has 1 heterocycles. The number of hydrogen-bond donors (Lipinski definition) is 2. The van der Waals surface area contributed by atoms with E-state index in [2.05, 4.69) is 9.97 Å². The van der Waals surface area contributed by atoms with Gasteiger partial charge in [-0.2, -0.15) is 0 Å². The summed E-state index contributed by atoms with van der Waals surface area (Å²) in [6.07, 6.45) is 0. The van der Waals surface area contributed by atoms with Crippen LogP contribution in [0.1, 0.15) is 5.69 Å². The largest absolute Gasteiger partial charge is 0.381 e. The molecule has 0 aliphatic carbocycles. The van der Waals surface area contributed by atoms with Crippen LogP contribution in [0, 0.1) is 6.92 Å². The van der Waals surface area contributed by atoms with E-state index >= 15 is 0 Å². The van der Waals surface area contributed by atoms with Crippen LogP contribution < -0.4 is 11.5 Å². The quantitative estimate of drug-likeness (QED) is 0.733. The maximum absolute atomic E-state index is 5.63. The third-order valence-corrected chi connectivity index (χ3v) is 2.17. The van der Waals surface area contributed by atoms with Crippen molar-refractivity contribution in [3.63, 3.8) is 0 Å². The third kappa shape index (κ3) is 1.74. The van der Waals surface area contributed by atoms with Gasteiger partial charge in [0.05, 0.1) is 11.4 Å². The molecule has 4 N–H and O–H groups in total. The topological polar surface area (TPSA) is 77.8 Å². The highest BCUT2D eigenvalue weighted by Crippen LogP contribution is 2.22. The molecule has 0 spiro atoms. The fourth-order valence-corrected chi connectivity index (χ4v) is 1.42. The van der Waals surface area contributed by atoms with Crippen LogP contribution in [0.15, 0.2) is 30.3 Å². The molecule has 0 aliphatic heterocycles. The Bertz CT molecular complexity index is 479. The maximum Gasteiger partial charge on any atom is 0.166 e. The number of aromatic nitrogens is 2. The van der Waals surface area contributed by atoms with Gasteiger partial charge in [0, 0.05) is 5.56 Å². The molecule has 0 amide bonds. The Morgan fingerprint density at radius 2 is 1.53 bits per heavy atom. The molecule has 0 atom stereocenters. The van der Waals surface area contributed by atoms with Gasteiger partial charge in [0.1, 0.15) is 0 Å². The first-order chi connectivity index (χ1) is 7.18. The summed E-state index contributed by atoms with van der Waals surface area (Å²) in [6, 6.07) is 9.78. The van der Waals surface area contributed by atoms with E-state index in [1.54, 1.807) is 0 Å². The van der Waals surface area contributed by atoms with Gasteiger partial charge in [-0.1, -0.05) is 30.3 Å². The highest BCUT2D eigenvalue weighted by atomic mass is 15.0. The number of nitrogens with zero attached hydrogens (tertiary/aromatic N) is 2. The molecule has 1 aromatic heterocycles. The van der Waals surface area contributed by atoms with Crippen molar-refractivity contribution in [3.05, 3.63) is 36.0 Å². The molecular formula is C11H12N4. The van der Waals surface area contributed by atoms with Crippen LogP contribution in [0.5, 0.6) is 0 Å². The summed E-state index contributed by atoms with van der Waals surface area (Å²) in [4.78, 5) is 8.37. The van der Waals surface area contributed by atoms with Crippen molar-refractivity contribution in [2.45, 2.75) is 6.92 Å². The average molecular weight is 200 g/mol. The SMILES string of the molecule is Cc1nc(N)c(N)nc1-c1ccccc1. The summed E-state index contributed by atoms with van der Waals surface area (Å²) >= 11 is 0. The lowest BCUT2D eigenvalue weighted by atomic mass is 10.1. The molecule has 2 aromatic rings. The molecule has 0 unspecified atom stereocenters. The second-order valence-corrected chi connectivity index (χ2v) is 3.29. The molecule has 76 valence electrons. The predicted molar refractivity (Wildman–Crippen MR) is 61.0 cm³/mol. The minimum Gasteiger partial charge on any atom is -0.381 e. The first kappa shape index (κ1) is 9.45. The van der Waals surface area contributed by atoms with Crippen molar-refractivity contribution < 1.29 is 0 Å². The van der Waals surface area contributed by atoms with E-state index in [0.29, 0.717) is 0 Å². The molecule has 15 heavy (non-hydrogen) atoms.